The number of rotatable bonds is 8. The molecule has 0 aliphatic heterocycles. The maximum Gasteiger partial charge on any atom is 0.307 e. The predicted molar refractivity (Wildman–Crippen MR) is 123 cm³/mol. The summed E-state index contributed by atoms with van der Waals surface area (Å²) in [4.78, 5) is 39.4. The average molecular weight is 469 g/mol. The summed E-state index contributed by atoms with van der Waals surface area (Å²) in [5.41, 5.74) is 1.91. The smallest absolute Gasteiger partial charge is 0.307 e. The third-order valence-corrected chi connectivity index (χ3v) is 8.13. The minimum absolute atomic E-state index is 0.0505. The first-order valence-electron chi connectivity index (χ1n) is 9.25. The molecule has 0 saturated carbocycles. The van der Waals surface area contributed by atoms with Crippen molar-refractivity contribution in [2.24, 2.45) is 0 Å². The number of aliphatic carboxylic acids is 2. The highest BCUT2D eigenvalue weighted by atomic mass is 32.1. The third kappa shape index (κ3) is 4.66. The van der Waals surface area contributed by atoms with Gasteiger partial charge in [-0.1, -0.05) is 30.3 Å². The summed E-state index contributed by atoms with van der Waals surface area (Å²) in [6, 6.07) is 16.2. The average Bonchev–Trinajstić information content (AvgIpc) is 3.46. The first-order valence-corrected chi connectivity index (χ1v) is 11.8. The zero-order valence-corrected chi connectivity index (χ0v) is 18.5. The lowest BCUT2D eigenvalue weighted by Gasteiger charge is -1.99. The van der Waals surface area contributed by atoms with Crippen molar-refractivity contribution in [3.8, 4) is 19.5 Å². The zero-order valence-electron chi connectivity index (χ0n) is 16.0. The fraction of sp³-hybridized carbons (Fsp3) is 0.0870. The second-order valence-corrected chi connectivity index (χ2v) is 9.79. The summed E-state index contributed by atoms with van der Waals surface area (Å²) >= 11 is 4.24. The molecule has 0 bridgehead atoms. The van der Waals surface area contributed by atoms with Gasteiger partial charge in [0.15, 0.2) is 0 Å². The molecule has 0 saturated heterocycles. The normalized spacial score (nSPS) is 10.8. The van der Waals surface area contributed by atoms with Gasteiger partial charge >= 0.3 is 11.9 Å². The lowest BCUT2D eigenvalue weighted by molar-refractivity contribution is -0.137. The number of thiophene rings is 3. The summed E-state index contributed by atoms with van der Waals surface area (Å²) in [5.74, 6) is -1.98. The van der Waals surface area contributed by atoms with Crippen LogP contribution in [0.25, 0.3) is 19.5 Å². The van der Waals surface area contributed by atoms with Gasteiger partial charge in [-0.15, -0.1) is 34.0 Å². The molecule has 1 aromatic carbocycles. The van der Waals surface area contributed by atoms with Crippen LogP contribution in [0.2, 0.25) is 0 Å². The van der Waals surface area contributed by atoms with E-state index in [0.29, 0.717) is 16.0 Å². The molecule has 3 aromatic heterocycles. The number of carboxylic acid groups (broad SMARTS) is 2. The van der Waals surface area contributed by atoms with Crippen LogP contribution in [0.1, 0.15) is 26.4 Å². The predicted octanol–water partition coefficient (Wildman–Crippen LogP) is 5.69. The van der Waals surface area contributed by atoms with Gasteiger partial charge < -0.3 is 10.2 Å². The van der Waals surface area contributed by atoms with Gasteiger partial charge in [-0.3, -0.25) is 14.4 Å². The Morgan fingerprint density at radius 3 is 2.06 bits per heavy atom. The van der Waals surface area contributed by atoms with Gasteiger partial charge in [0.25, 0.3) is 0 Å². The molecule has 0 aliphatic carbocycles. The lowest BCUT2D eigenvalue weighted by atomic mass is 10.1. The van der Waals surface area contributed by atoms with E-state index in [2.05, 4.69) is 0 Å². The van der Waals surface area contributed by atoms with Crippen molar-refractivity contribution in [1.82, 2.24) is 0 Å². The summed E-state index contributed by atoms with van der Waals surface area (Å²) in [6.45, 7) is 0. The van der Waals surface area contributed by atoms with Crippen LogP contribution >= 0.6 is 34.0 Å². The molecule has 8 heteroatoms. The van der Waals surface area contributed by atoms with Crippen molar-refractivity contribution in [2.45, 2.75) is 12.8 Å². The SMILES string of the molecule is O=C(O)Cc1ccsc1-c1ccc(-c2sc(C(=O)c3ccccc3)cc2CC(=O)O)s1. The Morgan fingerprint density at radius 1 is 0.742 bits per heavy atom. The van der Waals surface area contributed by atoms with E-state index in [1.54, 1.807) is 30.3 Å². The van der Waals surface area contributed by atoms with Crippen molar-refractivity contribution < 1.29 is 24.6 Å². The Labute approximate surface area is 189 Å². The second-order valence-electron chi connectivity index (χ2n) is 6.74. The Morgan fingerprint density at radius 2 is 1.39 bits per heavy atom. The van der Waals surface area contributed by atoms with E-state index in [1.165, 1.54) is 34.0 Å². The number of carboxylic acids is 2. The van der Waals surface area contributed by atoms with E-state index < -0.39 is 11.9 Å². The molecule has 0 aliphatic rings. The maximum absolute atomic E-state index is 12.9. The van der Waals surface area contributed by atoms with Crippen LogP contribution in [0, 0.1) is 0 Å². The molecule has 3 heterocycles. The summed E-state index contributed by atoms with van der Waals surface area (Å²) in [5, 5.41) is 20.3. The van der Waals surface area contributed by atoms with E-state index in [9.17, 15) is 19.5 Å². The van der Waals surface area contributed by atoms with Gasteiger partial charge in [-0.2, -0.15) is 0 Å². The molecule has 0 unspecified atom stereocenters. The minimum atomic E-state index is -0.962. The largest absolute Gasteiger partial charge is 0.481 e. The van der Waals surface area contributed by atoms with Gasteiger partial charge in [0.1, 0.15) is 0 Å². The van der Waals surface area contributed by atoms with Crippen molar-refractivity contribution >= 4 is 51.7 Å². The van der Waals surface area contributed by atoms with E-state index >= 15 is 0 Å². The minimum Gasteiger partial charge on any atom is -0.481 e. The standard InChI is InChI=1S/C23H16O5S3/c24-19(25)11-14-8-9-29-22(14)16-6-7-17(30-16)23-15(12-20(26)27)10-18(31-23)21(28)13-4-2-1-3-5-13/h1-10H,11-12H2,(H,24,25)(H,26,27). The van der Waals surface area contributed by atoms with Crippen LogP contribution in [0.15, 0.2) is 60.0 Å². The van der Waals surface area contributed by atoms with Crippen LogP contribution in [0.3, 0.4) is 0 Å². The quantitative estimate of drug-likeness (QED) is 0.324. The molecule has 4 rings (SSSR count). The number of hydrogen-bond donors (Lipinski definition) is 2. The van der Waals surface area contributed by atoms with Gasteiger partial charge in [-0.25, -0.2) is 0 Å². The Balaban J connectivity index is 1.72. The van der Waals surface area contributed by atoms with Gasteiger partial charge in [0.2, 0.25) is 5.78 Å². The molecular weight excluding hydrogens is 452 g/mol. The molecule has 4 aromatic rings. The van der Waals surface area contributed by atoms with Crippen LogP contribution in [-0.2, 0) is 22.4 Å². The molecular formula is C23H16O5S3. The second kappa shape index (κ2) is 8.97. The van der Waals surface area contributed by atoms with Crippen LogP contribution < -0.4 is 0 Å². The first-order chi connectivity index (χ1) is 14.9. The Hall–Kier alpha value is -3.07. The van der Waals surface area contributed by atoms with Gasteiger partial charge in [-0.05, 0) is 40.8 Å². The number of hydrogen-bond acceptors (Lipinski definition) is 6. The molecule has 0 atom stereocenters. The topological polar surface area (TPSA) is 91.7 Å². The van der Waals surface area contributed by atoms with Crippen LogP contribution in [-0.4, -0.2) is 27.9 Å². The van der Waals surface area contributed by atoms with E-state index in [-0.39, 0.29) is 18.6 Å². The first kappa shape index (κ1) is 21.2. The highest BCUT2D eigenvalue weighted by Crippen LogP contribution is 2.43. The Kier molecular flexibility index (Phi) is 6.13. The Bertz CT molecular complexity index is 1260. The van der Waals surface area contributed by atoms with Crippen LogP contribution in [0.5, 0.6) is 0 Å². The van der Waals surface area contributed by atoms with Gasteiger partial charge in [0, 0.05) is 25.1 Å². The zero-order chi connectivity index (χ0) is 22.0. The molecule has 156 valence electrons. The molecule has 0 radical (unpaired) electrons. The lowest BCUT2D eigenvalue weighted by Crippen LogP contribution is -2.00. The fourth-order valence-corrected chi connectivity index (χ4v) is 6.59. The highest BCUT2D eigenvalue weighted by Gasteiger charge is 2.21. The molecule has 31 heavy (non-hydrogen) atoms. The summed E-state index contributed by atoms with van der Waals surface area (Å²) < 4.78 is 0. The number of carbonyl (C=O) groups excluding carboxylic acids is 1. The van der Waals surface area contributed by atoms with Crippen molar-refractivity contribution in [3.05, 3.63) is 81.5 Å². The third-order valence-electron chi connectivity index (χ3n) is 4.55. The summed E-state index contributed by atoms with van der Waals surface area (Å²) in [6.07, 6.45) is -0.227. The van der Waals surface area contributed by atoms with Crippen molar-refractivity contribution in [3.63, 3.8) is 0 Å². The van der Waals surface area contributed by atoms with E-state index in [4.69, 9.17) is 5.11 Å². The highest BCUT2D eigenvalue weighted by molar-refractivity contribution is 7.26. The molecule has 0 amide bonds. The molecule has 2 N–H and O–H groups in total. The summed E-state index contributed by atoms with van der Waals surface area (Å²) in [7, 11) is 0. The van der Waals surface area contributed by atoms with E-state index in [1.807, 2.05) is 29.6 Å². The van der Waals surface area contributed by atoms with Crippen LogP contribution in [0.4, 0.5) is 0 Å². The van der Waals surface area contributed by atoms with Gasteiger partial charge in [0.05, 0.1) is 17.7 Å². The number of ketones is 1. The monoisotopic (exact) mass is 468 g/mol. The van der Waals surface area contributed by atoms with E-state index in [0.717, 1.165) is 25.1 Å². The molecule has 0 spiro atoms. The van der Waals surface area contributed by atoms with Crippen molar-refractivity contribution in [2.75, 3.05) is 0 Å². The number of benzene rings is 1. The maximum atomic E-state index is 12.9. The fourth-order valence-electron chi connectivity index (χ4n) is 3.21. The molecule has 5 nitrogen and oxygen atoms in total. The number of carbonyl (C=O) groups is 3. The molecule has 0 fully saturated rings. The van der Waals surface area contributed by atoms with Crippen molar-refractivity contribution in [1.29, 1.82) is 0 Å².